The molecule has 0 saturated heterocycles. The number of aliphatic hydroxyl groups excluding tert-OH is 2. The van der Waals surface area contributed by atoms with Gasteiger partial charge in [0.2, 0.25) is 5.43 Å². The van der Waals surface area contributed by atoms with Gasteiger partial charge in [0.05, 0.1) is 29.5 Å². The molecule has 4 aromatic rings. The van der Waals surface area contributed by atoms with Crippen molar-refractivity contribution in [2.45, 2.75) is 18.4 Å². The van der Waals surface area contributed by atoms with Crippen LogP contribution in [0.5, 0.6) is 11.5 Å². The Hall–Kier alpha value is -3.19. The second kappa shape index (κ2) is 8.28. The van der Waals surface area contributed by atoms with Crippen molar-refractivity contribution in [3.05, 3.63) is 82.5 Å². The van der Waals surface area contributed by atoms with Crippen molar-refractivity contribution in [1.82, 2.24) is 0 Å². The molecule has 3 aromatic carbocycles. The van der Waals surface area contributed by atoms with Gasteiger partial charge in [0.25, 0.3) is 0 Å². The largest absolute Gasteiger partial charge is 0.457 e. The predicted molar refractivity (Wildman–Crippen MR) is 116 cm³/mol. The van der Waals surface area contributed by atoms with Crippen LogP contribution in [-0.4, -0.2) is 29.0 Å². The standard InChI is InChI=1S/C24H23NO5/c25-24(14-26,15-27)11-10-16-6-8-21-19(12-16)23(28)20-13-18(7-9-22(20)30-21)29-17-4-2-1-3-5-17/h1-9,12-13,26-27H,10-11,14-15,25H2. The molecule has 0 atom stereocenters. The van der Waals surface area contributed by atoms with Gasteiger partial charge in [-0.05, 0) is 60.9 Å². The van der Waals surface area contributed by atoms with Crippen LogP contribution in [-0.2, 0) is 6.42 Å². The maximum Gasteiger partial charge on any atom is 0.200 e. The van der Waals surface area contributed by atoms with Gasteiger partial charge < -0.3 is 25.1 Å². The third-order valence-corrected chi connectivity index (χ3v) is 5.22. The van der Waals surface area contributed by atoms with E-state index in [1.54, 1.807) is 30.3 Å². The molecule has 0 amide bonds. The summed E-state index contributed by atoms with van der Waals surface area (Å²) in [6.07, 6.45) is 0.904. The fourth-order valence-electron chi connectivity index (χ4n) is 3.33. The summed E-state index contributed by atoms with van der Waals surface area (Å²) in [5, 5.41) is 19.6. The van der Waals surface area contributed by atoms with Gasteiger partial charge in [-0.25, -0.2) is 0 Å². The van der Waals surface area contributed by atoms with Crippen LogP contribution in [0.1, 0.15) is 12.0 Å². The number of rotatable bonds is 7. The van der Waals surface area contributed by atoms with Gasteiger partial charge in [0.1, 0.15) is 22.7 Å². The minimum Gasteiger partial charge on any atom is -0.457 e. The Kier molecular flexibility index (Phi) is 5.55. The molecule has 0 aliphatic carbocycles. The number of nitrogens with two attached hydrogens (primary N) is 1. The number of aryl methyl sites for hydroxylation is 1. The molecule has 4 rings (SSSR count). The lowest BCUT2D eigenvalue weighted by Gasteiger charge is -2.24. The van der Waals surface area contributed by atoms with Crippen LogP contribution in [0, 0.1) is 0 Å². The fourth-order valence-corrected chi connectivity index (χ4v) is 3.33. The van der Waals surface area contributed by atoms with Crippen molar-refractivity contribution in [3.63, 3.8) is 0 Å². The molecule has 6 nitrogen and oxygen atoms in total. The minimum atomic E-state index is -1.05. The second-order valence-corrected chi connectivity index (χ2v) is 7.51. The fraction of sp³-hybridized carbons (Fsp3) is 0.208. The van der Waals surface area contributed by atoms with Gasteiger partial charge in [-0.15, -0.1) is 0 Å². The Morgan fingerprint density at radius 3 is 2.23 bits per heavy atom. The molecule has 0 radical (unpaired) electrons. The predicted octanol–water partition coefficient (Wildman–Crippen LogP) is 3.35. The minimum absolute atomic E-state index is 0.144. The molecule has 0 spiro atoms. The zero-order chi connectivity index (χ0) is 21.1. The van der Waals surface area contributed by atoms with Gasteiger partial charge in [-0.1, -0.05) is 24.3 Å². The van der Waals surface area contributed by atoms with Crippen LogP contribution >= 0.6 is 0 Å². The van der Waals surface area contributed by atoms with E-state index in [0.717, 1.165) is 5.56 Å². The first kappa shape index (κ1) is 20.1. The van der Waals surface area contributed by atoms with E-state index in [9.17, 15) is 15.0 Å². The highest BCUT2D eigenvalue weighted by Gasteiger charge is 2.22. The smallest absolute Gasteiger partial charge is 0.200 e. The summed E-state index contributed by atoms with van der Waals surface area (Å²) in [4.78, 5) is 13.1. The molecule has 0 fully saturated rings. The van der Waals surface area contributed by atoms with Crippen molar-refractivity contribution in [2.24, 2.45) is 5.73 Å². The lowest BCUT2D eigenvalue weighted by molar-refractivity contribution is 0.115. The lowest BCUT2D eigenvalue weighted by Crippen LogP contribution is -2.47. The number of aliphatic hydroxyl groups is 2. The van der Waals surface area contributed by atoms with Gasteiger partial charge in [-0.3, -0.25) is 4.79 Å². The van der Waals surface area contributed by atoms with E-state index in [4.69, 9.17) is 14.9 Å². The Morgan fingerprint density at radius 1 is 0.867 bits per heavy atom. The molecule has 0 aliphatic rings. The summed E-state index contributed by atoms with van der Waals surface area (Å²) >= 11 is 0. The Morgan fingerprint density at radius 2 is 1.53 bits per heavy atom. The molecule has 1 heterocycles. The first-order chi connectivity index (χ1) is 14.5. The first-order valence-electron chi connectivity index (χ1n) is 9.74. The number of benzene rings is 3. The quantitative estimate of drug-likeness (QED) is 0.407. The second-order valence-electron chi connectivity index (χ2n) is 7.51. The van der Waals surface area contributed by atoms with Crippen molar-refractivity contribution in [1.29, 1.82) is 0 Å². The maximum absolute atomic E-state index is 13.1. The monoisotopic (exact) mass is 405 g/mol. The van der Waals surface area contributed by atoms with E-state index in [0.29, 0.717) is 46.3 Å². The summed E-state index contributed by atoms with van der Waals surface area (Å²) < 4.78 is 11.8. The van der Waals surface area contributed by atoms with E-state index >= 15 is 0 Å². The molecule has 1 aromatic heterocycles. The van der Waals surface area contributed by atoms with Gasteiger partial charge in [0.15, 0.2) is 0 Å². The molecule has 0 bridgehead atoms. The lowest BCUT2D eigenvalue weighted by atomic mass is 9.93. The molecule has 6 heteroatoms. The third kappa shape index (κ3) is 4.07. The summed E-state index contributed by atoms with van der Waals surface area (Å²) in [7, 11) is 0. The summed E-state index contributed by atoms with van der Waals surface area (Å²) in [5.41, 5.74) is 6.62. The van der Waals surface area contributed by atoms with Crippen molar-refractivity contribution in [3.8, 4) is 11.5 Å². The van der Waals surface area contributed by atoms with Gasteiger partial charge in [-0.2, -0.15) is 0 Å². The summed E-state index contributed by atoms with van der Waals surface area (Å²) in [5.74, 6) is 1.23. The van der Waals surface area contributed by atoms with Crippen molar-refractivity contribution < 1.29 is 19.4 Å². The van der Waals surface area contributed by atoms with Crippen LogP contribution in [0.2, 0.25) is 0 Å². The van der Waals surface area contributed by atoms with Crippen LogP contribution in [0.15, 0.2) is 75.9 Å². The molecule has 154 valence electrons. The summed E-state index contributed by atoms with van der Waals surface area (Å²) in [6.45, 7) is -0.623. The SMILES string of the molecule is NC(CO)(CO)CCc1ccc2oc3ccc(Oc4ccccc4)cc3c(=O)c2c1. The van der Waals surface area contributed by atoms with Gasteiger partial charge in [0, 0.05) is 0 Å². The Bertz CT molecular complexity index is 1230. The topological polar surface area (TPSA) is 106 Å². The van der Waals surface area contributed by atoms with Gasteiger partial charge >= 0.3 is 0 Å². The number of ether oxygens (including phenoxy) is 1. The summed E-state index contributed by atoms with van der Waals surface area (Å²) in [6, 6.07) is 19.9. The normalized spacial score (nSPS) is 11.8. The van der Waals surface area contributed by atoms with Crippen LogP contribution < -0.4 is 15.9 Å². The van der Waals surface area contributed by atoms with Crippen LogP contribution in [0.25, 0.3) is 21.9 Å². The molecule has 4 N–H and O–H groups in total. The first-order valence-corrected chi connectivity index (χ1v) is 9.74. The number of hydrogen-bond donors (Lipinski definition) is 3. The molecule has 0 unspecified atom stereocenters. The van der Waals surface area contributed by atoms with E-state index < -0.39 is 5.54 Å². The molecular formula is C24H23NO5. The number of para-hydroxylation sites is 1. The van der Waals surface area contributed by atoms with Crippen molar-refractivity contribution in [2.75, 3.05) is 13.2 Å². The number of hydrogen-bond acceptors (Lipinski definition) is 6. The highest BCUT2D eigenvalue weighted by molar-refractivity contribution is 5.90. The Balaban J connectivity index is 1.69. The molecule has 0 saturated carbocycles. The average Bonchev–Trinajstić information content (AvgIpc) is 2.79. The maximum atomic E-state index is 13.1. The highest BCUT2D eigenvalue weighted by Crippen LogP contribution is 2.27. The highest BCUT2D eigenvalue weighted by atomic mass is 16.5. The Labute approximate surface area is 173 Å². The average molecular weight is 405 g/mol. The molecule has 30 heavy (non-hydrogen) atoms. The zero-order valence-electron chi connectivity index (χ0n) is 16.4. The molecule has 0 aliphatic heterocycles. The van der Waals surface area contributed by atoms with E-state index in [2.05, 4.69) is 0 Å². The van der Waals surface area contributed by atoms with E-state index in [-0.39, 0.29) is 18.6 Å². The van der Waals surface area contributed by atoms with E-state index in [1.165, 1.54) is 0 Å². The third-order valence-electron chi connectivity index (χ3n) is 5.22. The zero-order valence-corrected chi connectivity index (χ0v) is 16.4. The van der Waals surface area contributed by atoms with Crippen LogP contribution in [0.3, 0.4) is 0 Å². The number of fused-ring (bicyclic) bond motifs is 2. The molecular weight excluding hydrogens is 382 g/mol. The van der Waals surface area contributed by atoms with Crippen LogP contribution in [0.4, 0.5) is 0 Å². The van der Waals surface area contributed by atoms with Crippen molar-refractivity contribution >= 4 is 21.9 Å². The van der Waals surface area contributed by atoms with E-state index in [1.807, 2.05) is 36.4 Å².